The third-order valence-corrected chi connectivity index (χ3v) is 2.64. The van der Waals surface area contributed by atoms with E-state index in [0.717, 1.165) is 12.3 Å². The van der Waals surface area contributed by atoms with Crippen molar-refractivity contribution >= 4 is 23.7 Å². The molecule has 0 amide bonds. The molecule has 18 heavy (non-hydrogen) atoms. The molecule has 7 nitrogen and oxygen atoms in total. The van der Waals surface area contributed by atoms with Crippen LogP contribution in [-0.4, -0.2) is 46.7 Å². The Bertz CT molecular complexity index is 375. The lowest BCUT2D eigenvalue weighted by molar-refractivity contribution is 0.222. The van der Waals surface area contributed by atoms with E-state index in [1.54, 1.807) is 11.8 Å². The topological polar surface area (TPSA) is 89.2 Å². The first-order chi connectivity index (χ1) is 8.56. The highest BCUT2D eigenvalue weighted by Crippen LogP contribution is 2.14. The zero-order chi connectivity index (χ0) is 13.5. The lowest BCUT2D eigenvalue weighted by Gasteiger charge is -2.17. The van der Waals surface area contributed by atoms with Crippen LogP contribution < -0.4 is 20.9 Å². The Morgan fingerprint density at radius 2 is 2.11 bits per heavy atom. The van der Waals surface area contributed by atoms with E-state index in [1.807, 2.05) is 25.8 Å². The molecular weight excluding hydrogens is 252 g/mol. The minimum atomic E-state index is 0.00220. The fourth-order valence-corrected chi connectivity index (χ4v) is 1.63. The molecule has 0 aliphatic carbocycles. The maximum atomic E-state index is 5.46. The average molecular weight is 272 g/mol. The zero-order valence-electron chi connectivity index (χ0n) is 11.2. The van der Waals surface area contributed by atoms with E-state index in [2.05, 4.69) is 26.6 Å². The number of rotatable bonds is 7. The second kappa shape index (κ2) is 7.22. The van der Waals surface area contributed by atoms with Gasteiger partial charge in [-0.1, -0.05) is 0 Å². The highest BCUT2D eigenvalue weighted by molar-refractivity contribution is 7.98. The summed E-state index contributed by atoms with van der Waals surface area (Å²) in [6, 6.07) is 0.277. The summed E-state index contributed by atoms with van der Waals surface area (Å²) in [5.41, 5.74) is 2.42. The Kier molecular flexibility index (Phi) is 5.93. The summed E-state index contributed by atoms with van der Waals surface area (Å²) < 4.78 is 5.46. The maximum absolute atomic E-state index is 5.46. The predicted molar refractivity (Wildman–Crippen MR) is 75.1 cm³/mol. The standard InChI is InChI=1S/C10H20N6OS/c1-7(2)17-10-13-8(15-11)12-9(14-10)16(3)5-6-18-4/h7H,5-6,11H2,1-4H3,(H,12,13,14,15). The summed E-state index contributed by atoms with van der Waals surface area (Å²) in [7, 11) is 1.92. The minimum absolute atomic E-state index is 0.00220. The highest BCUT2D eigenvalue weighted by atomic mass is 32.2. The van der Waals surface area contributed by atoms with Gasteiger partial charge in [-0.15, -0.1) is 0 Å². The number of aromatic nitrogens is 3. The van der Waals surface area contributed by atoms with Gasteiger partial charge in [-0.05, 0) is 20.1 Å². The molecule has 1 heterocycles. The number of ether oxygens (including phenoxy) is 1. The molecule has 0 aliphatic heterocycles. The van der Waals surface area contributed by atoms with E-state index >= 15 is 0 Å². The molecule has 0 aromatic carbocycles. The largest absolute Gasteiger partial charge is 0.461 e. The molecule has 0 saturated carbocycles. The monoisotopic (exact) mass is 272 g/mol. The SMILES string of the molecule is CSCCN(C)c1nc(NN)nc(OC(C)C)n1. The van der Waals surface area contributed by atoms with Gasteiger partial charge in [0.25, 0.3) is 0 Å². The van der Waals surface area contributed by atoms with E-state index in [9.17, 15) is 0 Å². The Balaban J connectivity index is 2.88. The Morgan fingerprint density at radius 3 is 2.67 bits per heavy atom. The summed E-state index contributed by atoms with van der Waals surface area (Å²) >= 11 is 1.77. The molecule has 102 valence electrons. The van der Waals surface area contributed by atoms with Crippen molar-refractivity contribution in [1.29, 1.82) is 0 Å². The summed E-state index contributed by atoms with van der Waals surface area (Å²) in [5, 5.41) is 0. The van der Waals surface area contributed by atoms with Gasteiger partial charge in [-0.3, -0.25) is 5.43 Å². The fourth-order valence-electron chi connectivity index (χ4n) is 1.17. The molecule has 0 atom stereocenters. The molecule has 1 rings (SSSR count). The van der Waals surface area contributed by atoms with Crippen LogP contribution >= 0.6 is 11.8 Å². The van der Waals surface area contributed by atoms with E-state index in [0.29, 0.717) is 11.9 Å². The van der Waals surface area contributed by atoms with E-state index in [4.69, 9.17) is 10.6 Å². The fraction of sp³-hybridized carbons (Fsp3) is 0.700. The molecule has 3 N–H and O–H groups in total. The van der Waals surface area contributed by atoms with Gasteiger partial charge in [0, 0.05) is 19.3 Å². The van der Waals surface area contributed by atoms with Crippen LogP contribution in [0.2, 0.25) is 0 Å². The van der Waals surface area contributed by atoms with Crippen LogP contribution in [0.25, 0.3) is 0 Å². The van der Waals surface area contributed by atoms with Crippen LogP contribution in [0.1, 0.15) is 13.8 Å². The summed E-state index contributed by atoms with van der Waals surface area (Å²) in [6.45, 7) is 4.67. The lowest BCUT2D eigenvalue weighted by atomic mass is 10.5. The Labute approximate surface area is 112 Å². The number of hydrazine groups is 1. The van der Waals surface area contributed by atoms with Crippen molar-refractivity contribution in [3.05, 3.63) is 0 Å². The van der Waals surface area contributed by atoms with Gasteiger partial charge < -0.3 is 9.64 Å². The molecule has 0 saturated heterocycles. The molecule has 0 fully saturated rings. The van der Waals surface area contributed by atoms with Gasteiger partial charge in [0.05, 0.1) is 6.10 Å². The third-order valence-electron chi connectivity index (χ3n) is 2.05. The molecule has 0 radical (unpaired) electrons. The van der Waals surface area contributed by atoms with Crippen molar-refractivity contribution in [3.63, 3.8) is 0 Å². The smallest absolute Gasteiger partial charge is 0.323 e. The van der Waals surface area contributed by atoms with Gasteiger partial charge in [-0.25, -0.2) is 5.84 Å². The molecule has 0 unspecified atom stereocenters. The van der Waals surface area contributed by atoms with E-state index in [-0.39, 0.29) is 12.1 Å². The summed E-state index contributed by atoms with van der Waals surface area (Å²) in [6.07, 6.45) is 2.06. The minimum Gasteiger partial charge on any atom is -0.461 e. The highest BCUT2D eigenvalue weighted by Gasteiger charge is 2.11. The number of thioether (sulfide) groups is 1. The first kappa shape index (κ1) is 14.8. The number of nitrogens with zero attached hydrogens (tertiary/aromatic N) is 4. The normalized spacial score (nSPS) is 10.6. The average Bonchev–Trinajstić information content (AvgIpc) is 2.34. The third kappa shape index (κ3) is 4.53. The van der Waals surface area contributed by atoms with Crippen molar-refractivity contribution < 1.29 is 4.74 Å². The number of nitrogen functional groups attached to an aromatic ring is 1. The van der Waals surface area contributed by atoms with Crippen LogP contribution in [0.3, 0.4) is 0 Å². The first-order valence-corrected chi connectivity index (χ1v) is 7.05. The van der Waals surface area contributed by atoms with Gasteiger partial charge in [-0.2, -0.15) is 26.7 Å². The Morgan fingerprint density at radius 1 is 1.39 bits per heavy atom. The zero-order valence-corrected chi connectivity index (χ0v) is 12.0. The van der Waals surface area contributed by atoms with Gasteiger partial charge in [0.15, 0.2) is 0 Å². The van der Waals surface area contributed by atoms with E-state index in [1.165, 1.54) is 0 Å². The number of nitrogens with one attached hydrogen (secondary N) is 1. The van der Waals surface area contributed by atoms with E-state index < -0.39 is 0 Å². The molecule has 0 aliphatic rings. The van der Waals surface area contributed by atoms with Gasteiger partial charge >= 0.3 is 6.01 Å². The van der Waals surface area contributed by atoms with Gasteiger partial charge in [0.2, 0.25) is 11.9 Å². The van der Waals surface area contributed by atoms with Crippen molar-refractivity contribution in [3.8, 4) is 6.01 Å². The van der Waals surface area contributed by atoms with Crippen LogP contribution in [0.15, 0.2) is 0 Å². The quantitative estimate of drug-likeness (QED) is 0.555. The number of hydrogen-bond acceptors (Lipinski definition) is 8. The molecule has 1 aromatic rings. The van der Waals surface area contributed by atoms with Crippen LogP contribution in [0.4, 0.5) is 11.9 Å². The molecule has 0 bridgehead atoms. The van der Waals surface area contributed by atoms with Crippen molar-refractivity contribution in [2.24, 2.45) is 5.84 Å². The molecule has 8 heteroatoms. The van der Waals surface area contributed by atoms with Crippen molar-refractivity contribution in [1.82, 2.24) is 15.0 Å². The number of nitrogens with two attached hydrogens (primary N) is 1. The molecule has 0 spiro atoms. The van der Waals surface area contributed by atoms with Crippen molar-refractivity contribution in [2.75, 3.05) is 35.9 Å². The predicted octanol–water partition coefficient (Wildman–Crippen LogP) is 0.744. The maximum Gasteiger partial charge on any atom is 0.323 e. The van der Waals surface area contributed by atoms with Crippen molar-refractivity contribution in [2.45, 2.75) is 20.0 Å². The molecular formula is C10H20N6OS. The second-order valence-electron chi connectivity index (χ2n) is 3.97. The number of hydrogen-bond donors (Lipinski definition) is 2. The number of anilines is 2. The van der Waals surface area contributed by atoms with Crippen LogP contribution in [-0.2, 0) is 0 Å². The first-order valence-electron chi connectivity index (χ1n) is 5.66. The Hall–Kier alpha value is -1.28. The summed E-state index contributed by atoms with van der Waals surface area (Å²) in [5.74, 6) is 7.17. The van der Waals surface area contributed by atoms with Crippen LogP contribution in [0, 0.1) is 0 Å². The van der Waals surface area contributed by atoms with Crippen LogP contribution in [0.5, 0.6) is 6.01 Å². The van der Waals surface area contributed by atoms with Gasteiger partial charge in [0.1, 0.15) is 0 Å². The lowest BCUT2D eigenvalue weighted by Crippen LogP contribution is -2.24. The molecule has 1 aromatic heterocycles. The summed E-state index contributed by atoms with van der Waals surface area (Å²) in [4.78, 5) is 14.4. The second-order valence-corrected chi connectivity index (χ2v) is 4.95.